The van der Waals surface area contributed by atoms with Crippen molar-refractivity contribution in [1.82, 2.24) is 9.88 Å². The van der Waals surface area contributed by atoms with Crippen LogP contribution >= 0.6 is 11.3 Å². The summed E-state index contributed by atoms with van der Waals surface area (Å²) in [5, 5.41) is 11.7. The molecular formula is C13H21N3O2S. The number of hydrogen-bond donors (Lipinski definition) is 2. The highest BCUT2D eigenvalue weighted by atomic mass is 32.1. The smallest absolute Gasteiger partial charge is 0.273 e. The molecule has 0 spiro atoms. The molecule has 1 aromatic heterocycles. The van der Waals surface area contributed by atoms with Crippen molar-refractivity contribution in [1.29, 1.82) is 0 Å². The van der Waals surface area contributed by atoms with Gasteiger partial charge in [0.05, 0.1) is 12.6 Å². The van der Waals surface area contributed by atoms with Crippen LogP contribution in [0, 0.1) is 0 Å². The predicted octanol–water partition coefficient (Wildman–Crippen LogP) is 1.54. The SMILES string of the molecule is CC(N)c1nc(C(=O)N(CCO)C2CCCC2)cs1. The second-order valence-corrected chi connectivity index (χ2v) is 5.91. The number of hydrogen-bond acceptors (Lipinski definition) is 5. The lowest BCUT2D eigenvalue weighted by Gasteiger charge is -2.27. The summed E-state index contributed by atoms with van der Waals surface area (Å²) in [5.41, 5.74) is 6.22. The van der Waals surface area contributed by atoms with E-state index in [4.69, 9.17) is 10.8 Å². The molecule has 0 saturated heterocycles. The summed E-state index contributed by atoms with van der Waals surface area (Å²) >= 11 is 1.42. The second-order valence-electron chi connectivity index (χ2n) is 5.02. The summed E-state index contributed by atoms with van der Waals surface area (Å²) in [4.78, 5) is 18.6. The fourth-order valence-corrected chi connectivity index (χ4v) is 3.27. The van der Waals surface area contributed by atoms with Gasteiger partial charge in [-0.15, -0.1) is 11.3 Å². The van der Waals surface area contributed by atoms with Crippen LogP contribution in [0.1, 0.15) is 54.1 Å². The van der Waals surface area contributed by atoms with E-state index < -0.39 is 0 Å². The average molecular weight is 283 g/mol. The van der Waals surface area contributed by atoms with E-state index in [0.717, 1.165) is 30.7 Å². The highest BCUT2D eigenvalue weighted by Gasteiger charge is 2.28. The maximum absolute atomic E-state index is 12.5. The van der Waals surface area contributed by atoms with Gasteiger partial charge < -0.3 is 15.7 Å². The van der Waals surface area contributed by atoms with Crippen LogP contribution in [0.4, 0.5) is 0 Å². The summed E-state index contributed by atoms with van der Waals surface area (Å²) in [7, 11) is 0. The normalized spacial score (nSPS) is 17.6. The highest BCUT2D eigenvalue weighted by Crippen LogP contribution is 2.25. The molecule has 2 rings (SSSR count). The monoisotopic (exact) mass is 283 g/mol. The Balaban J connectivity index is 2.13. The third-order valence-electron chi connectivity index (χ3n) is 3.50. The van der Waals surface area contributed by atoms with Crippen molar-refractivity contribution in [2.45, 2.75) is 44.7 Å². The number of aromatic nitrogens is 1. The molecule has 3 N–H and O–H groups in total. The molecule has 1 unspecified atom stereocenters. The third-order valence-corrected chi connectivity index (χ3v) is 4.54. The minimum Gasteiger partial charge on any atom is -0.395 e. The van der Waals surface area contributed by atoms with Crippen LogP contribution in [-0.2, 0) is 0 Å². The van der Waals surface area contributed by atoms with Crippen LogP contribution in [-0.4, -0.2) is 40.1 Å². The summed E-state index contributed by atoms with van der Waals surface area (Å²) in [6, 6.07) is 0.101. The Hall–Kier alpha value is -0.980. The first kappa shape index (κ1) is 14.4. The van der Waals surface area contributed by atoms with E-state index >= 15 is 0 Å². The molecule has 0 aliphatic heterocycles. The Labute approximate surface area is 117 Å². The zero-order valence-electron chi connectivity index (χ0n) is 11.2. The van der Waals surface area contributed by atoms with Gasteiger partial charge >= 0.3 is 0 Å². The van der Waals surface area contributed by atoms with Crippen molar-refractivity contribution in [3.05, 3.63) is 16.1 Å². The quantitative estimate of drug-likeness (QED) is 0.859. The van der Waals surface area contributed by atoms with Crippen molar-refractivity contribution in [2.24, 2.45) is 5.73 Å². The first-order chi connectivity index (χ1) is 9.13. The van der Waals surface area contributed by atoms with Crippen LogP contribution in [0.5, 0.6) is 0 Å². The van der Waals surface area contributed by atoms with Crippen LogP contribution in [0.2, 0.25) is 0 Å². The van der Waals surface area contributed by atoms with Crippen molar-refractivity contribution in [3.8, 4) is 0 Å². The lowest BCUT2D eigenvalue weighted by molar-refractivity contribution is 0.0632. The Bertz CT molecular complexity index is 427. The van der Waals surface area contributed by atoms with E-state index in [0.29, 0.717) is 12.2 Å². The number of amides is 1. The molecule has 1 heterocycles. The Morgan fingerprint density at radius 3 is 2.84 bits per heavy atom. The topological polar surface area (TPSA) is 79.5 Å². The zero-order valence-corrected chi connectivity index (χ0v) is 12.0. The van der Waals surface area contributed by atoms with Crippen molar-refractivity contribution in [2.75, 3.05) is 13.2 Å². The zero-order chi connectivity index (χ0) is 13.8. The maximum atomic E-state index is 12.5. The summed E-state index contributed by atoms with van der Waals surface area (Å²) in [6.45, 7) is 2.23. The van der Waals surface area contributed by atoms with Crippen LogP contribution < -0.4 is 5.73 Å². The van der Waals surface area contributed by atoms with Crippen LogP contribution in [0.15, 0.2) is 5.38 Å². The van der Waals surface area contributed by atoms with Gasteiger partial charge in [-0.05, 0) is 19.8 Å². The predicted molar refractivity (Wildman–Crippen MR) is 75.1 cm³/mol. The van der Waals surface area contributed by atoms with Gasteiger partial charge in [0.2, 0.25) is 0 Å². The van der Waals surface area contributed by atoms with E-state index in [1.54, 1.807) is 10.3 Å². The summed E-state index contributed by atoms with van der Waals surface area (Å²) in [5.74, 6) is -0.0795. The highest BCUT2D eigenvalue weighted by molar-refractivity contribution is 7.09. The Morgan fingerprint density at radius 2 is 2.32 bits per heavy atom. The van der Waals surface area contributed by atoms with Gasteiger partial charge in [0.1, 0.15) is 10.7 Å². The molecule has 1 aromatic rings. The number of aliphatic hydroxyl groups is 1. The second kappa shape index (κ2) is 6.45. The lowest BCUT2D eigenvalue weighted by atomic mass is 10.2. The molecular weight excluding hydrogens is 262 g/mol. The number of nitrogens with zero attached hydrogens (tertiary/aromatic N) is 2. The standard InChI is InChI=1S/C13H21N3O2S/c1-9(14)12-15-11(8-19-12)13(18)16(6-7-17)10-4-2-3-5-10/h8-10,17H,2-7,14H2,1H3. The van der Waals surface area contributed by atoms with Gasteiger partial charge in [-0.3, -0.25) is 4.79 Å². The molecule has 1 amide bonds. The number of thiazole rings is 1. The van der Waals surface area contributed by atoms with Gasteiger partial charge in [0.25, 0.3) is 5.91 Å². The fourth-order valence-electron chi connectivity index (χ4n) is 2.52. The minimum absolute atomic E-state index is 0.00741. The molecule has 5 nitrogen and oxygen atoms in total. The molecule has 1 atom stereocenters. The van der Waals surface area contributed by atoms with Crippen LogP contribution in [0.3, 0.4) is 0 Å². The first-order valence-corrected chi connectivity index (χ1v) is 7.64. The first-order valence-electron chi connectivity index (χ1n) is 6.76. The number of carbonyl (C=O) groups is 1. The van der Waals surface area contributed by atoms with Crippen molar-refractivity contribution >= 4 is 17.2 Å². The average Bonchev–Trinajstić information content (AvgIpc) is 3.05. The molecule has 0 aromatic carbocycles. The van der Waals surface area contributed by atoms with E-state index in [-0.39, 0.29) is 24.6 Å². The van der Waals surface area contributed by atoms with E-state index in [1.165, 1.54) is 11.3 Å². The molecule has 6 heteroatoms. The summed E-state index contributed by atoms with van der Waals surface area (Å²) < 4.78 is 0. The number of carbonyl (C=O) groups excluding carboxylic acids is 1. The van der Waals surface area contributed by atoms with Gasteiger partial charge in [0, 0.05) is 18.0 Å². The summed E-state index contributed by atoms with van der Waals surface area (Å²) in [6.07, 6.45) is 4.36. The number of nitrogens with two attached hydrogens (primary N) is 1. The van der Waals surface area contributed by atoms with Gasteiger partial charge in [-0.2, -0.15) is 0 Å². The van der Waals surface area contributed by atoms with Crippen molar-refractivity contribution < 1.29 is 9.90 Å². The van der Waals surface area contributed by atoms with Gasteiger partial charge in [0.15, 0.2) is 0 Å². The molecule has 0 bridgehead atoms. The fraction of sp³-hybridized carbons (Fsp3) is 0.692. The molecule has 1 fully saturated rings. The Kier molecular flexibility index (Phi) is 4.90. The van der Waals surface area contributed by atoms with Gasteiger partial charge in [-0.25, -0.2) is 4.98 Å². The minimum atomic E-state index is -0.149. The molecule has 19 heavy (non-hydrogen) atoms. The largest absolute Gasteiger partial charge is 0.395 e. The lowest BCUT2D eigenvalue weighted by Crippen LogP contribution is -2.40. The third kappa shape index (κ3) is 3.32. The van der Waals surface area contributed by atoms with E-state index in [1.807, 2.05) is 6.92 Å². The number of aliphatic hydroxyl groups excluding tert-OH is 1. The maximum Gasteiger partial charge on any atom is 0.273 e. The molecule has 0 radical (unpaired) electrons. The van der Waals surface area contributed by atoms with Crippen LogP contribution in [0.25, 0.3) is 0 Å². The molecule has 1 aliphatic rings. The molecule has 1 saturated carbocycles. The van der Waals surface area contributed by atoms with Crippen molar-refractivity contribution in [3.63, 3.8) is 0 Å². The van der Waals surface area contributed by atoms with E-state index in [2.05, 4.69) is 4.98 Å². The Morgan fingerprint density at radius 1 is 1.63 bits per heavy atom. The molecule has 1 aliphatic carbocycles. The molecule has 106 valence electrons. The number of rotatable bonds is 5. The van der Waals surface area contributed by atoms with Gasteiger partial charge in [-0.1, -0.05) is 12.8 Å². The van der Waals surface area contributed by atoms with E-state index in [9.17, 15) is 4.79 Å².